The molecule has 1 heterocycles. The maximum absolute atomic E-state index is 4.32. The van der Waals surface area contributed by atoms with E-state index in [0.29, 0.717) is 0 Å². The van der Waals surface area contributed by atoms with Gasteiger partial charge in [0.05, 0.1) is 5.69 Å². The summed E-state index contributed by atoms with van der Waals surface area (Å²) >= 11 is 0. The lowest BCUT2D eigenvalue weighted by atomic mass is 10.3. The van der Waals surface area contributed by atoms with E-state index in [9.17, 15) is 0 Å². The molecule has 0 bridgehead atoms. The van der Waals surface area contributed by atoms with Gasteiger partial charge in [-0.05, 0) is 19.4 Å². The van der Waals surface area contributed by atoms with Crippen LogP contribution in [0.5, 0.6) is 0 Å². The zero-order chi connectivity index (χ0) is 11.0. The molecule has 78 valence electrons. The highest BCUT2D eigenvalue weighted by atomic mass is 15.0. The number of rotatable bonds is 3. The van der Waals surface area contributed by atoms with E-state index >= 15 is 0 Å². The van der Waals surface area contributed by atoms with Crippen molar-refractivity contribution in [2.75, 3.05) is 0 Å². The van der Waals surface area contributed by atoms with Crippen LogP contribution >= 0.6 is 0 Å². The van der Waals surface area contributed by atoms with Crippen molar-refractivity contribution in [2.45, 2.75) is 27.2 Å². The molecule has 0 aliphatic heterocycles. The molecule has 0 radical (unpaired) electrons. The predicted octanol–water partition coefficient (Wildman–Crippen LogP) is 3.34. The third-order valence-corrected chi connectivity index (χ3v) is 1.60. The molecule has 2 heteroatoms. The van der Waals surface area contributed by atoms with Gasteiger partial charge >= 0.3 is 0 Å². The monoisotopic (exact) mass is 192 g/mol. The second-order valence-electron chi connectivity index (χ2n) is 2.78. The van der Waals surface area contributed by atoms with Crippen molar-refractivity contribution >= 4 is 6.08 Å². The zero-order valence-electron chi connectivity index (χ0n) is 9.62. The van der Waals surface area contributed by atoms with Gasteiger partial charge in [-0.2, -0.15) is 0 Å². The van der Waals surface area contributed by atoms with Crippen molar-refractivity contribution in [1.82, 2.24) is 9.55 Å². The van der Waals surface area contributed by atoms with Gasteiger partial charge in [-0.1, -0.05) is 26.0 Å². The number of hydrogen-bond donors (Lipinski definition) is 0. The normalized spacial score (nSPS) is 9.71. The number of imidazole rings is 1. The van der Waals surface area contributed by atoms with E-state index in [4.69, 9.17) is 0 Å². The lowest BCUT2D eigenvalue weighted by molar-refractivity contribution is 0.896. The summed E-state index contributed by atoms with van der Waals surface area (Å²) in [6, 6.07) is 0. The molecule has 0 aromatic carbocycles. The average Bonchev–Trinajstić information content (AvgIpc) is 2.49. The van der Waals surface area contributed by atoms with Gasteiger partial charge in [0, 0.05) is 13.2 Å². The first-order chi connectivity index (χ1) is 6.74. The van der Waals surface area contributed by atoms with Crippen molar-refractivity contribution in [2.24, 2.45) is 7.05 Å². The van der Waals surface area contributed by atoms with Gasteiger partial charge < -0.3 is 4.57 Å². The topological polar surface area (TPSA) is 17.8 Å². The summed E-state index contributed by atoms with van der Waals surface area (Å²) in [5.74, 6) is 0.995. The Morgan fingerprint density at radius 2 is 2.14 bits per heavy atom. The molecule has 0 unspecified atom stereocenters. The highest BCUT2D eigenvalue weighted by Crippen LogP contribution is 2.02. The van der Waals surface area contributed by atoms with Gasteiger partial charge in [0.25, 0.3) is 0 Å². The smallest absolute Gasteiger partial charge is 0.132 e. The summed E-state index contributed by atoms with van der Waals surface area (Å²) in [6.07, 6.45) is 8.83. The Kier molecular flexibility index (Phi) is 6.46. The summed E-state index contributed by atoms with van der Waals surface area (Å²) in [5, 5.41) is 0. The minimum atomic E-state index is 0.895. The Labute approximate surface area is 87.0 Å². The van der Waals surface area contributed by atoms with Gasteiger partial charge in [-0.25, -0.2) is 4.98 Å². The molecule has 0 spiro atoms. The van der Waals surface area contributed by atoms with Crippen molar-refractivity contribution in [3.63, 3.8) is 0 Å². The molecule has 1 aromatic rings. The summed E-state index contributed by atoms with van der Waals surface area (Å²) in [7, 11) is 1.99. The maximum atomic E-state index is 4.32. The van der Waals surface area contributed by atoms with Crippen LogP contribution in [-0.4, -0.2) is 9.55 Å². The molecule has 0 saturated heterocycles. The Morgan fingerprint density at radius 3 is 2.57 bits per heavy atom. The fourth-order valence-electron chi connectivity index (χ4n) is 1.06. The van der Waals surface area contributed by atoms with E-state index in [1.807, 2.05) is 50.7 Å². The number of aromatic nitrogens is 2. The maximum Gasteiger partial charge on any atom is 0.132 e. The van der Waals surface area contributed by atoms with Gasteiger partial charge in [0.15, 0.2) is 0 Å². The fraction of sp³-hybridized carbons (Fsp3) is 0.417. The van der Waals surface area contributed by atoms with E-state index in [1.165, 1.54) is 0 Å². The molecule has 0 amide bonds. The lowest BCUT2D eigenvalue weighted by Gasteiger charge is -1.91. The second-order valence-corrected chi connectivity index (χ2v) is 2.78. The molecule has 1 aromatic heterocycles. The third kappa shape index (κ3) is 4.08. The fourth-order valence-corrected chi connectivity index (χ4v) is 1.06. The summed E-state index contributed by atoms with van der Waals surface area (Å²) in [5.41, 5.74) is 1.05. The molecule has 2 nitrogen and oxygen atoms in total. The number of aryl methyl sites for hydroxylation is 2. The Morgan fingerprint density at radius 1 is 1.50 bits per heavy atom. The summed E-state index contributed by atoms with van der Waals surface area (Å²) in [6.45, 7) is 9.63. The average molecular weight is 192 g/mol. The van der Waals surface area contributed by atoms with Gasteiger partial charge in [-0.15, -0.1) is 6.58 Å². The molecule has 0 N–H and O–H groups in total. The molecular formula is C12H20N2. The Balaban J connectivity index is 0.000000791. The minimum Gasteiger partial charge on any atom is -0.334 e. The van der Waals surface area contributed by atoms with E-state index < -0.39 is 0 Å². The molecule has 1 rings (SSSR count). The van der Waals surface area contributed by atoms with E-state index in [1.54, 1.807) is 0 Å². The highest BCUT2D eigenvalue weighted by molar-refractivity contribution is 5.41. The van der Waals surface area contributed by atoms with Crippen molar-refractivity contribution < 1.29 is 0 Å². The number of nitrogens with zero attached hydrogens (tertiary/aromatic N) is 2. The van der Waals surface area contributed by atoms with Crippen molar-refractivity contribution in [3.05, 3.63) is 36.4 Å². The first-order valence-corrected chi connectivity index (χ1v) is 5.01. The highest BCUT2D eigenvalue weighted by Gasteiger charge is 1.95. The SMILES string of the molecule is C=CC/C=C\c1nc(C)cn1C.CC. The first-order valence-electron chi connectivity index (χ1n) is 5.01. The molecule has 14 heavy (non-hydrogen) atoms. The minimum absolute atomic E-state index is 0.895. The van der Waals surface area contributed by atoms with Crippen LogP contribution in [0.15, 0.2) is 24.9 Å². The molecule has 0 atom stereocenters. The van der Waals surface area contributed by atoms with Crippen LogP contribution < -0.4 is 0 Å². The van der Waals surface area contributed by atoms with E-state index in [2.05, 4.69) is 17.6 Å². The van der Waals surface area contributed by atoms with Gasteiger partial charge in [0.1, 0.15) is 5.82 Å². The third-order valence-electron chi connectivity index (χ3n) is 1.60. The van der Waals surface area contributed by atoms with Gasteiger partial charge in [0.2, 0.25) is 0 Å². The van der Waals surface area contributed by atoms with Crippen LogP contribution in [0, 0.1) is 6.92 Å². The molecule has 0 aliphatic carbocycles. The van der Waals surface area contributed by atoms with E-state index in [-0.39, 0.29) is 0 Å². The molecule has 0 saturated carbocycles. The summed E-state index contributed by atoms with van der Waals surface area (Å²) in [4.78, 5) is 4.32. The zero-order valence-corrected chi connectivity index (χ0v) is 9.62. The number of allylic oxidation sites excluding steroid dienone is 2. The van der Waals surface area contributed by atoms with Gasteiger partial charge in [-0.3, -0.25) is 0 Å². The van der Waals surface area contributed by atoms with Crippen LogP contribution in [0.25, 0.3) is 6.08 Å². The summed E-state index contributed by atoms with van der Waals surface area (Å²) < 4.78 is 2.01. The number of hydrogen-bond acceptors (Lipinski definition) is 1. The first kappa shape index (κ1) is 12.7. The largest absolute Gasteiger partial charge is 0.334 e. The second kappa shape index (κ2) is 7.13. The van der Waals surface area contributed by atoms with Crippen molar-refractivity contribution in [3.8, 4) is 0 Å². The lowest BCUT2D eigenvalue weighted by Crippen LogP contribution is -1.88. The Hall–Kier alpha value is -1.31. The predicted molar refractivity (Wildman–Crippen MR) is 63.1 cm³/mol. The molecular weight excluding hydrogens is 172 g/mol. The quantitative estimate of drug-likeness (QED) is 0.672. The molecule has 0 aliphatic rings. The van der Waals surface area contributed by atoms with E-state index in [0.717, 1.165) is 17.9 Å². The van der Waals surface area contributed by atoms with Crippen LogP contribution in [0.2, 0.25) is 0 Å². The molecule has 0 fully saturated rings. The van der Waals surface area contributed by atoms with Crippen molar-refractivity contribution in [1.29, 1.82) is 0 Å². The Bertz CT molecular complexity index is 295. The van der Waals surface area contributed by atoms with Crippen LogP contribution in [0.3, 0.4) is 0 Å². The van der Waals surface area contributed by atoms with Crippen LogP contribution in [-0.2, 0) is 7.05 Å². The van der Waals surface area contributed by atoms with Crippen LogP contribution in [0.4, 0.5) is 0 Å². The van der Waals surface area contributed by atoms with Crippen LogP contribution in [0.1, 0.15) is 31.8 Å². The standard InChI is InChI=1S/C10H14N2.C2H6/c1-4-5-6-7-10-11-9(2)8-12(10)3;1-2/h4,6-8H,1,5H2,2-3H3;1-2H3/b7-6-;.